The van der Waals surface area contributed by atoms with Gasteiger partial charge in [0.1, 0.15) is 0 Å². The van der Waals surface area contributed by atoms with Gasteiger partial charge in [-0.15, -0.1) is 0 Å². The van der Waals surface area contributed by atoms with E-state index in [1.54, 1.807) is 0 Å². The molecule has 0 aromatic heterocycles. The Bertz CT molecular complexity index is 321. The predicted molar refractivity (Wildman–Crippen MR) is 82.3 cm³/mol. The molecule has 0 bridgehead atoms. The van der Waals surface area contributed by atoms with E-state index in [9.17, 15) is 4.79 Å². The lowest BCUT2D eigenvalue weighted by atomic mass is 9.78. The summed E-state index contributed by atoms with van der Waals surface area (Å²) >= 11 is 0. The van der Waals surface area contributed by atoms with Crippen molar-refractivity contribution in [3.63, 3.8) is 0 Å². The zero-order chi connectivity index (χ0) is 14.5. The molecule has 0 aromatic rings. The quantitative estimate of drug-likeness (QED) is 0.805. The van der Waals surface area contributed by atoms with Crippen LogP contribution in [0.5, 0.6) is 0 Å². The Morgan fingerprint density at radius 2 is 2.20 bits per heavy atom. The Labute approximate surface area is 123 Å². The molecule has 4 heteroatoms. The first-order chi connectivity index (χ1) is 9.60. The topological polar surface area (TPSA) is 58.4 Å². The van der Waals surface area contributed by atoms with Crippen molar-refractivity contribution in [3.8, 4) is 0 Å². The number of nitrogens with one attached hydrogen (secondary N) is 1. The fourth-order valence-corrected chi connectivity index (χ4v) is 3.71. The molecule has 0 spiro atoms. The minimum atomic E-state index is 0.116. The number of carbonyl (C=O) groups is 1. The molecule has 1 heterocycles. The number of hydrogen-bond acceptors (Lipinski definition) is 3. The molecule has 3 N–H and O–H groups in total. The Morgan fingerprint density at radius 1 is 1.40 bits per heavy atom. The van der Waals surface area contributed by atoms with Gasteiger partial charge in [0.05, 0.1) is 0 Å². The van der Waals surface area contributed by atoms with Gasteiger partial charge in [-0.25, -0.2) is 0 Å². The van der Waals surface area contributed by atoms with Gasteiger partial charge >= 0.3 is 0 Å². The van der Waals surface area contributed by atoms with Crippen molar-refractivity contribution in [2.45, 2.75) is 52.0 Å². The second-order valence-corrected chi connectivity index (χ2v) is 6.77. The lowest BCUT2D eigenvalue weighted by Gasteiger charge is -2.30. The highest BCUT2D eigenvalue weighted by atomic mass is 16.1. The van der Waals surface area contributed by atoms with E-state index >= 15 is 0 Å². The number of nitrogens with zero attached hydrogens (tertiary/aromatic N) is 1. The van der Waals surface area contributed by atoms with Crippen LogP contribution in [0.25, 0.3) is 0 Å². The Hall–Kier alpha value is -0.610. The van der Waals surface area contributed by atoms with Crippen molar-refractivity contribution >= 4 is 5.91 Å². The van der Waals surface area contributed by atoms with Crippen LogP contribution in [0.15, 0.2) is 0 Å². The first kappa shape index (κ1) is 15.8. The number of carbonyl (C=O) groups excluding carboxylic acids is 1. The van der Waals surface area contributed by atoms with Crippen LogP contribution in [0.4, 0.5) is 0 Å². The minimum absolute atomic E-state index is 0.116. The molecule has 1 saturated carbocycles. The molecule has 2 fully saturated rings. The van der Waals surface area contributed by atoms with Crippen LogP contribution in [0.1, 0.15) is 46.0 Å². The van der Waals surface area contributed by atoms with Crippen LogP contribution in [0.2, 0.25) is 0 Å². The van der Waals surface area contributed by atoms with Gasteiger partial charge in [-0.2, -0.15) is 0 Å². The molecule has 1 aliphatic carbocycles. The van der Waals surface area contributed by atoms with Crippen LogP contribution in [0, 0.1) is 17.8 Å². The van der Waals surface area contributed by atoms with Gasteiger partial charge in [-0.05, 0) is 50.6 Å². The number of amides is 1. The van der Waals surface area contributed by atoms with Crippen LogP contribution in [0.3, 0.4) is 0 Å². The Balaban J connectivity index is 1.71. The van der Waals surface area contributed by atoms with Gasteiger partial charge in [-0.3, -0.25) is 4.79 Å². The number of nitrogens with two attached hydrogens (primary N) is 1. The second kappa shape index (κ2) is 7.41. The van der Waals surface area contributed by atoms with Crippen molar-refractivity contribution in [1.29, 1.82) is 0 Å². The average Bonchev–Trinajstić information content (AvgIpc) is 2.92. The summed E-state index contributed by atoms with van der Waals surface area (Å²) in [7, 11) is 0. The molecule has 0 aromatic carbocycles. The molecule has 1 aliphatic heterocycles. The maximum Gasteiger partial charge on any atom is 0.223 e. The van der Waals surface area contributed by atoms with Gasteiger partial charge in [-0.1, -0.05) is 20.3 Å². The van der Waals surface area contributed by atoms with E-state index in [0.717, 1.165) is 38.9 Å². The predicted octanol–water partition coefficient (Wildman–Crippen LogP) is 1.60. The van der Waals surface area contributed by atoms with Crippen LogP contribution >= 0.6 is 0 Å². The van der Waals surface area contributed by atoms with E-state index in [-0.39, 0.29) is 11.8 Å². The molecular weight excluding hydrogens is 250 g/mol. The standard InChI is InChI=1S/C16H31N3O/c1-3-19-8-7-13(11-19)10-18-16(20)12(2)14-5-4-6-15(17)9-14/h12-15H,3-11,17H2,1-2H3,(H,18,20). The molecule has 0 radical (unpaired) electrons. The van der Waals surface area contributed by atoms with E-state index in [0.29, 0.717) is 17.9 Å². The van der Waals surface area contributed by atoms with Crippen molar-refractivity contribution in [2.75, 3.05) is 26.2 Å². The second-order valence-electron chi connectivity index (χ2n) is 6.77. The van der Waals surface area contributed by atoms with Crippen molar-refractivity contribution in [1.82, 2.24) is 10.2 Å². The van der Waals surface area contributed by atoms with Crippen molar-refractivity contribution in [3.05, 3.63) is 0 Å². The van der Waals surface area contributed by atoms with E-state index in [1.165, 1.54) is 19.4 Å². The summed E-state index contributed by atoms with van der Waals surface area (Å²) in [6.07, 6.45) is 5.70. The van der Waals surface area contributed by atoms with Gasteiger partial charge in [0.15, 0.2) is 0 Å². The molecule has 1 amide bonds. The molecule has 2 aliphatic rings. The molecular formula is C16H31N3O. The third-order valence-corrected chi connectivity index (χ3v) is 5.26. The summed E-state index contributed by atoms with van der Waals surface area (Å²) in [5, 5.41) is 3.17. The molecule has 116 valence electrons. The van der Waals surface area contributed by atoms with Gasteiger partial charge in [0, 0.05) is 25.0 Å². The first-order valence-electron chi connectivity index (χ1n) is 8.35. The van der Waals surface area contributed by atoms with E-state index in [2.05, 4.69) is 24.1 Å². The van der Waals surface area contributed by atoms with E-state index in [1.807, 2.05) is 0 Å². The minimum Gasteiger partial charge on any atom is -0.356 e. The largest absolute Gasteiger partial charge is 0.356 e. The third kappa shape index (κ3) is 4.19. The van der Waals surface area contributed by atoms with Crippen LogP contribution < -0.4 is 11.1 Å². The summed E-state index contributed by atoms with van der Waals surface area (Å²) in [4.78, 5) is 14.7. The highest BCUT2D eigenvalue weighted by Crippen LogP contribution is 2.29. The smallest absolute Gasteiger partial charge is 0.223 e. The maximum atomic E-state index is 12.3. The number of rotatable bonds is 5. The highest BCUT2D eigenvalue weighted by Gasteiger charge is 2.29. The van der Waals surface area contributed by atoms with Crippen molar-refractivity contribution < 1.29 is 4.79 Å². The molecule has 2 rings (SSSR count). The highest BCUT2D eigenvalue weighted by molar-refractivity contribution is 5.78. The third-order valence-electron chi connectivity index (χ3n) is 5.26. The lowest BCUT2D eigenvalue weighted by Crippen LogP contribution is -2.40. The summed E-state index contributed by atoms with van der Waals surface area (Å²) < 4.78 is 0. The average molecular weight is 281 g/mol. The molecule has 1 saturated heterocycles. The van der Waals surface area contributed by atoms with Gasteiger partial charge in [0.2, 0.25) is 5.91 Å². The summed E-state index contributed by atoms with van der Waals surface area (Å²) in [5.41, 5.74) is 6.03. The zero-order valence-electron chi connectivity index (χ0n) is 13.1. The van der Waals surface area contributed by atoms with Crippen LogP contribution in [-0.2, 0) is 4.79 Å². The summed E-state index contributed by atoms with van der Waals surface area (Å²) in [6.45, 7) is 8.57. The molecule has 4 atom stereocenters. The molecule has 4 nitrogen and oxygen atoms in total. The van der Waals surface area contributed by atoms with E-state index in [4.69, 9.17) is 5.73 Å². The Kier molecular flexibility index (Phi) is 5.85. The zero-order valence-corrected chi connectivity index (χ0v) is 13.1. The van der Waals surface area contributed by atoms with E-state index < -0.39 is 0 Å². The molecule has 4 unspecified atom stereocenters. The first-order valence-corrected chi connectivity index (χ1v) is 8.35. The fourth-order valence-electron chi connectivity index (χ4n) is 3.71. The summed E-state index contributed by atoms with van der Waals surface area (Å²) in [6, 6.07) is 0.303. The van der Waals surface area contributed by atoms with Crippen molar-refractivity contribution in [2.24, 2.45) is 23.5 Å². The maximum absolute atomic E-state index is 12.3. The number of likely N-dealkylation sites (tertiary alicyclic amines) is 1. The fraction of sp³-hybridized carbons (Fsp3) is 0.938. The normalized spacial score (nSPS) is 33.0. The lowest BCUT2D eigenvalue weighted by molar-refractivity contribution is -0.126. The molecule has 20 heavy (non-hydrogen) atoms. The summed E-state index contributed by atoms with van der Waals surface area (Å²) in [5.74, 6) is 1.47. The Morgan fingerprint density at radius 3 is 2.85 bits per heavy atom. The van der Waals surface area contributed by atoms with Crippen LogP contribution in [-0.4, -0.2) is 43.0 Å². The monoisotopic (exact) mass is 281 g/mol. The van der Waals surface area contributed by atoms with Gasteiger partial charge in [0.25, 0.3) is 0 Å². The number of hydrogen-bond donors (Lipinski definition) is 2. The van der Waals surface area contributed by atoms with Gasteiger partial charge < -0.3 is 16.0 Å². The SMILES string of the molecule is CCN1CCC(CNC(=O)C(C)C2CCCC(N)C2)C1.